The molecule has 0 atom stereocenters. The number of primary amides is 1. The van der Waals surface area contributed by atoms with Crippen LogP contribution in [-0.4, -0.2) is 43.2 Å². The fourth-order valence-electron chi connectivity index (χ4n) is 3.34. The zero-order valence-corrected chi connectivity index (χ0v) is 19.9. The number of ether oxygens (including phenoxy) is 3. The first kappa shape index (κ1) is 24.9. The fraction of sp³-hybridized carbons (Fsp3) is 0.200. The molecule has 34 heavy (non-hydrogen) atoms. The van der Waals surface area contributed by atoms with E-state index in [0.29, 0.717) is 23.9 Å². The van der Waals surface area contributed by atoms with E-state index in [0.717, 1.165) is 16.1 Å². The number of carbonyl (C=O) groups is 2. The molecule has 0 fully saturated rings. The van der Waals surface area contributed by atoms with Crippen LogP contribution in [-0.2, 0) is 13.2 Å². The molecule has 0 unspecified atom stereocenters. The summed E-state index contributed by atoms with van der Waals surface area (Å²) in [5.74, 6) is 0.905. The predicted octanol–water partition coefficient (Wildman–Crippen LogP) is 4.50. The Balaban J connectivity index is 1.75. The van der Waals surface area contributed by atoms with Crippen molar-refractivity contribution >= 4 is 23.5 Å². The number of halogens is 1. The van der Waals surface area contributed by atoms with Gasteiger partial charge < -0.3 is 19.9 Å². The highest BCUT2D eigenvalue weighted by atomic mass is 35.5. The van der Waals surface area contributed by atoms with Gasteiger partial charge in [-0.2, -0.15) is 5.01 Å². The number of urea groups is 1. The van der Waals surface area contributed by atoms with Gasteiger partial charge in [-0.15, -0.1) is 0 Å². The number of imide groups is 1. The van der Waals surface area contributed by atoms with Crippen molar-refractivity contribution in [2.75, 3.05) is 21.3 Å². The van der Waals surface area contributed by atoms with Crippen LogP contribution in [0.25, 0.3) is 0 Å². The second-order valence-corrected chi connectivity index (χ2v) is 7.79. The lowest BCUT2D eigenvalue weighted by Crippen LogP contribution is -2.50. The van der Waals surface area contributed by atoms with Crippen molar-refractivity contribution in [2.24, 2.45) is 5.73 Å². The molecule has 0 spiro atoms. The fourth-order valence-corrected chi connectivity index (χ4v) is 3.60. The third-order valence-electron chi connectivity index (χ3n) is 5.02. The first-order valence-corrected chi connectivity index (χ1v) is 10.7. The van der Waals surface area contributed by atoms with Crippen molar-refractivity contribution < 1.29 is 23.8 Å². The van der Waals surface area contributed by atoms with Gasteiger partial charge in [-0.3, -0.25) is 4.79 Å². The summed E-state index contributed by atoms with van der Waals surface area (Å²) in [6.07, 6.45) is 0. The molecule has 3 aromatic rings. The summed E-state index contributed by atoms with van der Waals surface area (Å²) in [7, 11) is 4.60. The SMILES string of the molecule is COc1ccc(C(=O)N(C(N)=O)N(C)Cc2ccc(OCc3ccccc3)c(OC)c2)cc1Cl. The summed E-state index contributed by atoms with van der Waals surface area (Å²) in [5.41, 5.74) is 7.52. The number of hydrogen-bond donors (Lipinski definition) is 1. The summed E-state index contributed by atoms with van der Waals surface area (Å²) < 4.78 is 16.5. The van der Waals surface area contributed by atoms with Crippen LogP contribution in [0.1, 0.15) is 21.5 Å². The van der Waals surface area contributed by atoms with Crippen LogP contribution in [0.15, 0.2) is 66.7 Å². The van der Waals surface area contributed by atoms with Crippen molar-refractivity contribution in [2.45, 2.75) is 13.2 Å². The molecule has 0 aliphatic heterocycles. The number of hydrazine groups is 1. The van der Waals surface area contributed by atoms with Gasteiger partial charge in [0.25, 0.3) is 5.91 Å². The van der Waals surface area contributed by atoms with E-state index in [1.54, 1.807) is 32.4 Å². The van der Waals surface area contributed by atoms with Crippen LogP contribution in [0.3, 0.4) is 0 Å². The van der Waals surface area contributed by atoms with Gasteiger partial charge in [0.15, 0.2) is 11.5 Å². The quantitative estimate of drug-likeness (QED) is 0.450. The molecule has 0 saturated heterocycles. The number of carbonyl (C=O) groups excluding carboxylic acids is 2. The molecule has 3 amide bonds. The Labute approximate surface area is 203 Å². The Bertz CT molecular complexity index is 1160. The minimum Gasteiger partial charge on any atom is -0.495 e. The lowest BCUT2D eigenvalue weighted by molar-refractivity contribution is 0.0267. The number of rotatable bonds is 9. The van der Waals surface area contributed by atoms with Crippen LogP contribution in [0.4, 0.5) is 4.79 Å². The molecule has 0 aromatic heterocycles. The molecule has 3 aromatic carbocycles. The van der Waals surface area contributed by atoms with Gasteiger partial charge in [0, 0.05) is 19.2 Å². The number of nitrogens with two attached hydrogens (primary N) is 1. The van der Waals surface area contributed by atoms with E-state index < -0.39 is 11.9 Å². The predicted molar refractivity (Wildman–Crippen MR) is 129 cm³/mol. The molecular weight excluding hydrogens is 458 g/mol. The zero-order chi connectivity index (χ0) is 24.7. The molecule has 9 heteroatoms. The van der Waals surface area contributed by atoms with Crippen molar-refractivity contribution in [1.82, 2.24) is 10.0 Å². The average molecular weight is 484 g/mol. The van der Waals surface area contributed by atoms with Crippen LogP contribution < -0.4 is 19.9 Å². The highest BCUT2D eigenvalue weighted by Gasteiger charge is 2.26. The average Bonchev–Trinajstić information content (AvgIpc) is 2.83. The topological polar surface area (TPSA) is 94.3 Å². The van der Waals surface area contributed by atoms with Crippen molar-refractivity contribution in [3.05, 3.63) is 88.4 Å². The molecule has 178 valence electrons. The molecule has 0 aliphatic carbocycles. The first-order chi connectivity index (χ1) is 16.3. The van der Waals surface area contributed by atoms with Gasteiger partial charge in [-0.1, -0.05) is 48.0 Å². The Kier molecular flexibility index (Phi) is 8.34. The third-order valence-corrected chi connectivity index (χ3v) is 5.31. The number of amides is 3. The van der Waals surface area contributed by atoms with Crippen LogP contribution in [0.5, 0.6) is 17.2 Å². The van der Waals surface area contributed by atoms with E-state index in [9.17, 15) is 9.59 Å². The van der Waals surface area contributed by atoms with Crippen LogP contribution >= 0.6 is 11.6 Å². The minimum atomic E-state index is -0.922. The monoisotopic (exact) mass is 483 g/mol. The van der Waals surface area contributed by atoms with Gasteiger partial charge in [0.05, 0.1) is 19.2 Å². The van der Waals surface area contributed by atoms with E-state index in [1.165, 1.54) is 24.3 Å². The molecule has 0 heterocycles. The number of methoxy groups -OCH3 is 2. The lowest BCUT2D eigenvalue weighted by atomic mass is 10.2. The molecular formula is C25H26ClN3O5. The van der Waals surface area contributed by atoms with Crippen molar-refractivity contribution in [3.8, 4) is 17.2 Å². The standard InChI is InChI=1S/C25H26ClN3O5/c1-28(29(25(27)31)24(30)19-10-12-21(32-2)20(26)14-19)15-18-9-11-22(23(13-18)33-3)34-16-17-7-5-4-6-8-17/h4-14H,15-16H2,1-3H3,(H2,27,31). The maximum atomic E-state index is 13.0. The van der Waals surface area contributed by atoms with Crippen LogP contribution in [0.2, 0.25) is 5.02 Å². The molecule has 0 radical (unpaired) electrons. The Hall–Kier alpha value is -3.75. The van der Waals surface area contributed by atoms with Gasteiger partial charge in [-0.05, 0) is 41.5 Å². The molecule has 0 aliphatic rings. The molecule has 0 bridgehead atoms. The highest BCUT2D eigenvalue weighted by molar-refractivity contribution is 6.32. The molecule has 3 rings (SSSR count). The van der Waals surface area contributed by atoms with Crippen molar-refractivity contribution in [1.29, 1.82) is 0 Å². The van der Waals surface area contributed by atoms with E-state index in [2.05, 4.69) is 0 Å². The smallest absolute Gasteiger partial charge is 0.336 e. The summed E-state index contributed by atoms with van der Waals surface area (Å²) in [4.78, 5) is 25.1. The number of nitrogens with zero attached hydrogens (tertiary/aromatic N) is 2. The van der Waals surface area contributed by atoms with Crippen molar-refractivity contribution in [3.63, 3.8) is 0 Å². The lowest BCUT2D eigenvalue weighted by Gasteiger charge is -2.29. The summed E-state index contributed by atoms with van der Waals surface area (Å²) in [5, 5.41) is 2.52. The Morgan fingerprint density at radius 1 is 0.882 bits per heavy atom. The Morgan fingerprint density at radius 2 is 1.56 bits per heavy atom. The molecule has 8 nitrogen and oxygen atoms in total. The van der Waals surface area contributed by atoms with Gasteiger partial charge >= 0.3 is 6.03 Å². The highest BCUT2D eigenvalue weighted by Crippen LogP contribution is 2.30. The van der Waals surface area contributed by atoms with Gasteiger partial charge in [0.1, 0.15) is 12.4 Å². The Morgan fingerprint density at radius 3 is 2.18 bits per heavy atom. The summed E-state index contributed by atoms with van der Waals surface area (Å²) in [6.45, 7) is 0.596. The van der Waals surface area contributed by atoms with E-state index in [-0.39, 0.29) is 17.1 Å². The number of hydrogen-bond acceptors (Lipinski definition) is 6. The third kappa shape index (κ3) is 5.98. The van der Waals surface area contributed by atoms with E-state index in [1.807, 2.05) is 36.4 Å². The molecule has 2 N–H and O–H groups in total. The maximum Gasteiger partial charge on any atom is 0.336 e. The first-order valence-electron chi connectivity index (χ1n) is 10.4. The summed E-state index contributed by atoms with van der Waals surface area (Å²) in [6, 6.07) is 18.7. The zero-order valence-electron chi connectivity index (χ0n) is 19.2. The van der Waals surface area contributed by atoms with E-state index in [4.69, 9.17) is 31.5 Å². The maximum absolute atomic E-state index is 13.0. The second kappa shape index (κ2) is 11.4. The largest absolute Gasteiger partial charge is 0.495 e. The summed E-state index contributed by atoms with van der Waals surface area (Å²) >= 11 is 6.13. The van der Waals surface area contributed by atoms with Gasteiger partial charge in [0.2, 0.25) is 0 Å². The molecule has 0 saturated carbocycles. The van der Waals surface area contributed by atoms with Crippen LogP contribution in [0, 0.1) is 0 Å². The minimum absolute atomic E-state index is 0.193. The second-order valence-electron chi connectivity index (χ2n) is 7.38. The van der Waals surface area contributed by atoms with E-state index >= 15 is 0 Å². The normalized spacial score (nSPS) is 10.6. The number of benzene rings is 3. The van der Waals surface area contributed by atoms with Gasteiger partial charge in [-0.25, -0.2) is 9.80 Å².